The van der Waals surface area contributed by atoms with Gasteiger partial charge >= 0.3 is 0 Å². The molecule has 1 atom stereocenters. The van der Waals surface area contributed by atoms with Crippen molar-refractivity contribution < 1.29 is 9.50 Å². The van der Waals surface area contributed by atoms with Gasteiger partial charge in [0.15, 0.2) is 0 Å². The van der Waals surface area contributed by atoms with Crippen LogP contribution in [0.1, 0.15) is 18.1 Å². The minimum atomic E-state index is -1.18. The van der Waals surface area contributed by atoms with Gasteiger partial charge in [0, 0.05) is 29.8 Å². The summed E-state index contributed by atoms with van der Waals surface area (Å²) < 4.78 is 13.8. The van der Waals surface area contributed by atoms with Gasteiger partial charge in [0.25, 0.3) is 0 Å². The van der Waals surface area contributed by atoms with Gasteiger partial charge in [0.2, 0.25) is 0 Å². The molecular formula is C18H16FNO. The third-order valence-electron chi connectivity index (χ3n) is 3.74. The third-order valence-corrected chi connectivity index (χ3v) is 3.74. The van der Waals surface area contributed by atoms with Gasteiger partial charge in [0.1, 0.15) is 5.82 Å². The molecule has 2 nitrogen and oxygen atoms in total. The van der Waals surface area contributed by atoms with E-state index in [1.54, 1.807) is 37.5 Å². The zero-order valence-electron chi connectivity index (χ0n) is 11.8. The molecule has 0 saturated heterocycles. The van der Waals surface area contributed by atoms with Crippen LogP contribution >= 0.6 is 0 Å². The minimum absolute atomic E-state index is 0.204. The molecule has 0 aliphatic heterocycles. The van der Waals surface area contributed by atoms with Crippen LogP contribution < -0.4 is 0 Å². The van der Waals surface area contributed by atoms with E-state index >= 15 is 0 Å². The fraction of sp³-hybridized carbons (Fsp3) is 0.167. The van der Waals surface area contributed by atoms with Crippen molar-refractivity contribution in [3.8, 4) is 0 Å². The Morgan fingerprint density at radius 1 is 1.05 bits per heavy atom. The van der Waals surface area contributed by atoms with Crippen LogP contribution in [0.4, 0.5) is 4.39 Å². The molecule has 0 fully saturated rings. The van der Waals surface area contributed by atoms with Crippen LogP contribution in [0.3, 0.4) is 0 Å². The second-order valence-corrected chi connectivity index (χ2v) is 5.45. The first-order chi connectivity index (χ1) is 10.1. The molecule has 3 aromatic rings. The Kier molecular flexibility index (Phi) is 3.43. The van der Waals surface area contributed by atoms with Gasteiger partial charge in [-0.1, -0.05) is 42.5 Å². The van der Waals surface area contributed by atoms with Crippen LogP contribution in [0.15, 0.2) is 60.9 Å². The molecular weight excluding hydrogens is 265 g/mol. The van der Waals surface area contributed by atoms with Crippen molar-refractivity contribution in [2.75, 3.05) is 0 Å². The Bertz CT molecular complexity index is 778. The normalized spacial score (nSPS) is 14.0. The molecule has 106 valence electrons. The van der Waals surface area contributed by atoms with Crippen molar-refractivity contribution in [1.82, 2.24) is 4.98 Å². The number of nitrogens with zero attached hydrogens (tertiary/aromatic N) is 1. The van der Waals surface area contributed by atoms with E-state index in [0.29, 0.717) is 11.1 Å². The molecule has 1 aromatic heterocycles. The minimum Gasteiger partial charge on any atom is -0.385 e. The average Bonchev–Trinajstić information content (AvgIpc) is 2.49. The van der Waals surface area contributed by atoms with Gasteiger partial charge < -0.3 is 5.11 Å². The Labute approximate surface area is 122 Å². The van der Waals surface area contributed by atoms with Gasteiger partial charge in [-0.15, -0.1) is 0 Å². The summed E-state index contributed by atoms with van der Waals surface area (Å²) in [6, 6.07) is 14.3. The number of halogens is 1. The predicted molar refractivity (Wildman–Crippen MR) is 81.4 cm³/mol. The topological polar surface area (TPSA) is 33.1 Å². The molecule has 3 rings (SSSR count). The number of pyridine rings is 1. The van der Waals surface area contributed by atoms with E-state index < -0.39 is 5.60 Å². The van der Waals surface area contributed by atoms with E-state index in [-0.39, 0.29) is 12.2 Å². The van der Waals surface area contributed by atoms with Gasteiger partial charge in [-0.3, -0.25) is 4.98 Å². The highest BCUT2D eigenvalue weighted by Crippen LogP contribution is 2.31. The van der Waals surface area contributed by atoms with Crippen LogP contribution in [0.2, 0.25) is 0 Å². The lowest BCUT2D eigenvalue weighted by atomic mass is 9.87. The van der Waals surface area contributed by atoms with Gasteiger partial charge in [0.05, 0.1) is 5.60 Å². The van der Waals surface area contributed by atoms with Crippen molar-refractivity contribution in [2.24, 2.45) is 0 Å². The lowest BCUT2D eigenvalue weighted by molar-refractivity contribution is 0.0579. The van der Waals surface area contributed by atoms with E-state index in [0.717, 1.165) is 10.8 Å². The number of hydrogen-bond donors (Lipinski definition) is 1. The van der Waals surface area contributed by atoms with E-state index in [1.807, 2.05) is 24.3 Å². The molecule has 1 N–H and O–H groups in total. The molecule has 0 spiro atoms. The molecule has 3 heteroatoms. The summed E-state index contributed by atoms with van der Waals surface area (Å²) in [5, 5.41) is 12.8. The van der Waals surface area contributed by atoms with Crippen molar-refractivity contribution in [3.05, 3.63) is 77.9 Å². The van der Waals surface area contributed by atoms with Gasteiger partial charge in [-0.25, -0.2) is 4.39 Å². The Hall–Kier alpha value is -2.26. The van der Waals surface area contributed by atoms with Crippen molar-refractivity contribution in [1.29, 1.82) is 0 Å². The lowest BCUT2D eigenvalue weighted by Gasteiger charge is -2.25. The first-order valence-electron chi connectivity index (χ1n) is 6.87. The van der Waals surface area contributed by atoms with E-state index in [4.69, 9.17) is 0 Å². The average molecular weight is 281 g/mol. The summed E-state index contributed by atoms with van der Waals surface area (Å²) in [5.74, 6) is -0.300. The SMILES string of the molecule is CC(O)(Cc1ccccc1F)c1cncc2ccccc12. The maximum atomic E-state index is 13.8. The molecule has 0 aliphatic rings. The zero-order valence-corrected chi connectivity index (χ0v) is 11.8. The largest absolute Gasteiger partial charge is 0.385 e. The fourth-order valence-electron chi connectivity index (χ4n) is 2.65. The summed E-state index contributed by atoms with van der Waals surface area (Å²) in [6.45, 7) is 1.70. The summed E-state index contributed by atoms with van der Waals surface area (Å²) in [6.07, 6.45) is 3.62. The molecule has 1 unspecified atom stereocenters. The molecule has 2 aromatic carbocycles. The highest BCUT2D eigenvalue weighted by atomic mass is 19.1. The second kappa shape index (κ2) is 5.26. The van der Waals surface area contributed by atoms with Crippen molar-refractivity contribution in [2.45, 2.75) is 18.9 Å². The molecule has 0 radical (unpaired) electrons. The van der Waals surface area contributed by atoms with Gasteiger partial charge in [-0.2, -0.15) is 0 Å². The summed E-state index contributed by atoms with van der Waals surface area (Å²) in [4.78, 5) is 4.19. The first-order valence-corrected chi connectivity index (χ1v) is 6.87. The monoisotopic (exact) mass is 281 g/mol. The van der Waals surface area contributed by atoms with Crippen LogP contribution in [0, 0.1) is 5.82 Å². The third kappa shape index (κ3) is 2.65. The highest BCUT2D eigenvalue weighted by molar-refractivity contribution is 5.85. The quantitative estimate of drug-likeness (QED) is 0.791. The number of rotatable bonds is 3. The van der Waals surface area contributed by atoms with E-state index in [9.17, 15) is 9.50 Å². The number of aromatic nitrogens is 1. The van der Waals surface area contributed by atoms with Crippen molar-refractivity contribution in [3.63, 3.8) is 0 Å². The number of benzene rings is 2. The number of aliphatic hydroxyl groups is 1. The number of hydrogen-bond acceptors (Lipinski definition) is 2. The maximum Gasteiger partial charge on any atom is 0.126 e. The Morgan fingerprint density at radius 3 is 2.57 bits per heavy atom. The highest BCUT2D eigenvalue weighted by Gasteiger charge is 2.27. The smallest absolute Gasteiger partial charge is 0.126 e. The Balaban J connectivity index is 2.06. The summed E-state index contributed by atoms with van der Waals surface area (Å²) >= 11 is 0. The fourth-order valence-corrected chi connectivity index (χ4v) is 2.65. The van der Waals surface area contributed by atoms with Crippen LogP contribution in [0.25, 0.3) is 10.8 Å². The molecule has 0 aliphatic carbocycles. The second-order valence-electron chi connectivity index (χ2n) is 5.45. The Morgan fingerprint density at radius 2 is 1.76 bits per heavy atom. The summed E-state index contributed by atoms with van der Waals surface area (Å²) in [5.41, 5.74) is 0.0232. The van der Waals surface area contributed by atoms with Crippen molar-refractivity contribution >= 4 is 10.8 Å². The number of fused-ring (bicyclic) bond motifs is 1. The lowest BCUT2D eigenvalue weighted by Crippen LogP contribution is -2.25. The van der Waals surface area contributed by atoms with E-state index in [1.165, 1.54) is 6.07 Å². The zero-order chi connectivity index (χ0) is 14.9. The van der Waals surface area contributed by atoms with Crippen LogP contribution in [0.5, 0.6) is 0 Å². The van der Waals surface area contributed by atoms with Crippen LogP contribution in [-0.4, -0.2) is 10.1 Å². The molecule has 0 amide bonds. The van der Waals surface area contributed by atoms with Crippen LogP contribution in [-0.2, 0) is 12.0 Å². The van der Waals surface area contributed by atoms with E-state index in [2.05, 4.69) is 4.98 Å². The first kappa shape index (κ1) is 13.7. The standard InChI is InChI=1S/C18H16FNO/c1-18(21,10-13-6-3-5-9-17(13)19)16-12-20-11-14-7-2-4-8-15(14)16/h2-9,11-12,21H,10H2,1H3. The van der Waals surface area contributed by atoms with Gasteiger partial charge in [-0.05, 0) is 23.9 Å². The molecule has 21 heavy (non-hydrogen) atoms. The molecule has 0 saturated carbocycles. The molecule has 0 bridgehead atoms. The molecule has 1 heterocycles. The summed E-state index contributed by atoms with van der Waals surface area (Å²) in [7, 11) is 0. The predicted octanol–water partition coefficient (Wildman–Crippen LogP) is 3.82. The maximum absolute atomic E-state index is 13.8.